The standard InChI is InChI=1S/C12H14F2N2O3/c1-2-12(17)6-15(7-12)10-4-3-8(16(18)19)5-9(10)11(13)14/h3-5,11,17H,2,6-7H2,1H3. The number of benzene rings is 1. The van der Waals surface area contributed by atoms with Crippen molar-refractivity contribution >= 4 is 11.4 Å². The van der Waals surface area contributed by atoms with Gasteiger partial charge in [-0.2, -0.15) is 0 Å². The smallest absolute Gasteiger partial charge is 0.270 e. The normalized spacial score (nSPS) is 17.4. The van der Waals surface area contributed by atoms with E-state index in [1.807, 2.05) is 6.92 Å². The zero-order valence-corrected chi connectivity index (χ0v) is 10.3. The number of aliphatic hydroxyl groups is 1. The van der Waals surface area contributed by atoms with Gasteiger partial charge in [0.1, 0.15) is 0 Å². The van der Waals surface area contributed by atoms with Gasteiger partial charge in [0.15, 0.2) is 0 Å². The second-order valence-electron chi connectivity index (χ2n) is 4.73. The average Bonchev–Trinajstić information content (AvgIpc) is 2.34. The molecule has 5 nitrogen and oxygen atoms in total. The molecule has 19 heavy (non-hydrogen) atoms. The lowest BCUT2D eigenvalue weighted by Crippen LogP contribution is -2.61. The lowest BCUT2D eigenvalue weighted by atomic mass is 9.90. The van der Waals surface area contributed by atoms with E-state index in [2.05, 4.69) is 0 Å². The summed E-state index contributed by atoms with van der Waals surface area (Å²) in [6.45, 7) is 2.35. The number of halogens is 2. The van der Waals surface area contributed by atoms with Gasteiger partial charge >= 0.3 is 0 Å². The van der Waals surface area contributed by atoms with Crippen molar-refractivity contribution in [2.75, 3.05) is 18.0 Å². The third-order valence-electron chi connectivity index (χ3n) is 3.43. The van der Waals surface area contributed by atoms with Crippen molar-refractivity contribution in [3.63, 3.8) is 0 Å². The van der Waals surface area contributed by atoms with Crippen LogP contribution < -0.4 is 4.90 Å². The van der Waals surface area contributed by atoms with Gasteiger partial charge in [-0.05, 0) is 12.5 Å². The van der Waals surface area contributed by atoms with Crippen LogP contribution in [0.4, 0.5) is 20.2 Å². The Hall–Kier alpha value is -1.76. The van der Waals surface area contributed by atoms with E-state index in [4.69, 9.17) is 0 Å². The number of rotatable bonds is 4. The summed E-state index contributed by atoms with van der Waals surface area (Å²) < 4.78 is 25.9. The van der Waals surface area contributed by atoms with E-state index in [1.54, 1.807) is 4.90 Å². The number of nitrogens with zero attached hydrogens (tertiary/aromatic N) is 2. The maximum atomic E-state index is 13.0. The first-order chi connectivity index (χ1) is 8.86. The maximum absolute atomic E-state index is 13.0. The Morgan fingerprint density at radius 1 is 1.53 bits per heavy atom. The number of non-ortho nitro benzene ring substituents is 1. The summed E-state index contributed by atoms with van der Waals surface area (Å²) >= 11 is 0. The fourth-order valence-corrected chi connectivity index (χ4v) is 2.18. The Balaban J connectivity index is 2.29. The minimum Gasteiger partial charge on any atom is -0.386 e. The van der Waals surface area contributed by atoms with Gasteiger partial charge < -0.3 is 10.0 Å². The SMILES string of the molecule is CCC1(O)CN(c2ccc([N+](=O)[O-])cc2C(F)F)C1. The molecule has 1 aromatic rings. The van der Waals surface area contributed by atoms with Gasteiger partial charge in [0.2, 0.25) is 0 Å². The molecule has 2 rings (SSSR count). The summed E-state index contributed by atoms with van der Waals surface area (Å²) in [6.07, 6.45) is -2.24. The van der Waals surface area contributed by atoms with Crippen molar-refractivity contribution in [1.82, 2.24) is 0 Å². The van der Waals surface area contributed by atoms with Crippen molar-refractivity contribution in [2.45, 2.75) is 25.4 Å². The molecule has 7 heteroatoms. The van der Waals surface area contributed by atoms with Crippen LogP contribution in [0.3, 0.4) is 0 Å². The van der Waals surface area contributed by atoms with Gasteiger partial charge in [0, 0.05) is 36.5 Å². The van der Waals surface area contributed by atoms with E-state index < -0.39 is 16.9 Å². The van der Waals surface area contributed by atoms with Gasteiger partial charge in [-0.3, -0.25) is 10.1 Å². The molecular weight excluding hydrogens is 258 g/mol. The maximum Gasteiger partial charge on any atom is 0.270 e. The van der Waals surface area contributed by atoms with E-state index >= 15 is 0 Å². The first-order valence-electron chi connectivity index (χ1n) is 5.90. The Bertz CT molecular complexity index is 502. The van der Waals surface area contributed by atoms with Crippen molar-refractivity contribution in [1.29, 1.82) is 0 Å². The minimum atomic E-state index is -2.79. The number of nitro groups is 1. The summed E-state index contributed by atoms with van der Waals surface area (Å²) in [4.78, 5) is 11.5. The predicted molar refractivity (Wildman–Crippen MR) is 65.5 cm³/mol. The zero-order valence-electron chi connectivity index (χ0n) is 10.3. The highest BCUT2D eigenvalue weighted by atomic mass is 19.3. The molecule has 0 amide bonds. The number of nitro benzene ring substituents is 1. The third-order valence-corrected chi connectivity index (χ3v) is 3.43. The van der Waals surface area contributed by atoms with Gasteiger partial charge in [0.25, 0.3) is 12.1 Å². The highest BCUT2D eigenvalue weighted by Crippen LogP contribution is 2.37. The highest BCUT2D eigenvalue weighted by molar-refractivity contribution is 5.60. The zero-order chi connectivity index (χ0) is 14.2. The van der Waals surface area contributed by atoms with Crippen molar-refractivity contribution in [3.8, 4) is 0 Å². The van der Waals surface area contributed by atoms with Crippen LogP contribution in [0.15, 0.2) is 18.2 Å². The fourth-order valence-electron chi connectivity index (χ4n) is 2.18. The first-order valence-corrected chi connectivity index (χ1v) is 5.90. The number of hydrogen-bond donors (Lipinski definition) is 1. The Morgan fingerprint density at radius 2 is 2.16 bits per heavy atom. The number of β-amino-alcohol motifs (C(OH)–C–C–N with tert-alkyl or cyclic N) is 1. The first kappa shape index (κ1) is 13.7. The molecule has 0 atom stereocenters. The summed E-state index contributed by atoms with van der Waals surface area (Å²) in [6, 6.07) is 3.41. The Morgan fingerprint density at radius 3 is 2.63 bits per heavy atom. The van der Waals surface area contributed by atoms with E-state index in [-0.39, 0.29) is 30.0 Å². The quantitative estimate of drug-likeness (QED) is 0.675. The molecule has 0 radical (unpaired) electrons. The van der Waals surface area contributed by atoms with Crippen molar-refractivity contribution in [3.05, 3.63) is 33.9 Å². The highest BCUT2D eigenvalue weighted by Gasteiger charge is 2.41. The molecule has 1 N–H and O–H groups in total. The lowest BCUT2D eigenvalue weighted by Gasteiger charge is -2.48. The lowest BCUT2D eigenvalue weighted by molar-refractivity contribution is -0.385. The third kappa shape index (κ3) is 2.51. The Labute approximate surface area is 108 Å². The molecule has 0 aliphatic carbocycles. The molecule has 1 aliphatic heterocycles. The summed E-state index contributed by atoms with van der Waals surface area (Å²) in [5, 5.41) is 20.5. The summed E-state index contributed by atoms with van der Waals surface area (Å²) in [5.41, 5.74) is -1.32. The second kappa shape index (κ2) is 4.73. The molecule has 0 aromatic heterocycles. The van der Waals surface area contributed by atoms with Crippen LogP contribution in [0.1, 0.15) is 25.3 Å². The molecule has 1 heterocycles. The van der Waals surface area contributed by atoms with E-state index in [0.717, 1.165) is 6.07 Å². The minimum absolute atomic E-state index is 0.249. The van der Waals surface area contributed by atoms with Crippen LogP contribution in [0.25, 0.3) is 0 Å². The monoisotopic (exact) mass is 272 g/mol. The van der Waals surface area contributed by atoms with Gasteiger partial charge in [-0.25, -0.2) is 8.78 Å². The molecule has 1 saturated heterocycles. The van der Waals surface area contributed by atoms with E-state index in [1.165, 1.54) is 12.1 Å². The van der Waals surface area contributed by atoms with Gasteiger partial charge in [-0.1, -0.05) is 6.92 Å². The average molecular weight is 272 g/mol. The van der Waals surface area contributed by atoms with E-state index in [9.17, 15) is 24.0 Å². The van der Waals surface area contributed by atoms with E-state index in [0.29, 0.717) is 6.42 Å². The molecular formula is C12H14F2N2O3. The number of hydrogen-bond acceptors (Lipinski definition) is 4. The molecule has 0 spiro atoms. The molecule has 0 bridgehead atoms. The van der Waals surface area contributed by atoms with Crippen LogP contribution in [0.5, 0.6) is 0 Å². The molecule has 1 aromatic carbocycles. The summed E-state index contributed by atoms with van der Waals surface area (Å²) in [7, 11) is 0. The predicted octanol–water partition coefficient (Wildman–Crippen LogP) is 2.49. The number of alkyl halides is 2. The summed E-state index contributed by atoms with van der Waals surface area (Å²) in [5.74, 6) is 0. The topological polar surface area (TPSA) is 66.6 Å². The van der Waals surface area contributed by atoms with Crippen LogP contribution in [0.2, 0.25) is 0 Å². The van der Waals surface area contributed by atoms with Crippen LogP contribution in [-0.4, -0.2) is 28.7 Å². The van der Waals surface area contributed by atoms with Crippen molar-refractivity contribution in [2.24, 2.45) is 0 Å². The molecule has 104 valence electrons. The van der Waals surface area contributed by atoms with Crippen LogP contribution >= 0.6 is 0 Å². The Kier molecular flexibility index (Phi) is 3.40. The van der Waals surface area contributed by atoms with Gasteiger partial charge in [-0.15, -0.1) is 0 Å². The fraction of sp³-hybridized carbons (Fsp3) is 0.500. The molecule has 0 saturated carbocycles. The number of anilines is 1. The van der Waals surface area contributed by atoms with Crippen molar-refractivity contribution < 1.29 is 18.8 Å². The molecule has 1 aliphatic rings. The molecule has 1 fully saturated rings. The second-order valence-corrected chi connectivity index (χ2v) is 4.73. The largest absolute Gasteiger partial charge is 0.386 e. The van der Waals surface area contributed by atoms with Crippen LogP contribution in [0, 0.1) is 10.1 Å². The van der Waals surface area contributed by atoms with Gasteiger partial charge in [0.05, 0.1) is 10.5 Å². The molecule has 0 unspecified atom stereocenters. The van der Waals surface area contributed by atoms with Crippen LogP contribution in [-0.2, 0) is 0 Å².